The van der Waals surface area contributed by atoms with Gasteiger partial charge in [0.05, 0.1) is 20.1 Å². The van der Waals surface area contributed by atoms with Gasteiger partial charge >= 0.3 is 5.97 Å². The van der Waals surface area contributed by atoms with E-state index in [-0.39, 0.29) is 24.7 Å². The molecule has 0 fully saturated rings. The highest BCUT2D eigenvalue weighted by Crippen LogP contribution is 2.39. The van der Waals surface area contributed by atoms with Gasteiger partial charge in [0.1, 0.15) is 11.4 Å². The van der Waals surface area contributed by atoms with E-state index in [0.717, 1.165) is 46.7 Å². The number of methoxy groups -OCH3 is 1. The van der Waals surface area contributed by atoms with Gasteiger partial charge in [0.25, 0.3) is 0 Å². The van der Waals surface area contributed by atoms with Crippen LogP contribution in [0.2, 0.25) is 0 Å². The summed E-state index contributed by atoms with van der Waals surface area (Å²) in [5.74, 6) is 0.982. The minimum Gasteiger partial charge on any atom is -0.497 e. The van der Waals surface area contributed by atoms with E-state index in [0.29, 0.717) is 12.3 Å². The number of anilines is 1. The largest absolute Gasteiger partial charge is 0.497 e. The van der Waals surface area contributed by atoms with E-state index >= 15 is 0 Å². The quantitative estimate of drug-likeness (QED) is 0.570. The first kappa shape index (κ1) is 20.7. The normalized spacial score (nSPS) is 11.9. The average Bonchev–Trinajstić information content (AvgIpc) is 3.22. The molecular formula is C24H24N2O5. The Labute approximate surface area is 180 Å². The van der Waals surface area contributed by atoms with Crippen molar-refractivity contribution < 1.29 is 23.6 Å². The Morgan fingerprint density at radius 1 is 1.10 bits per heavy atom. The van der Waals surface area contributed by atoms with Gasteiger partial charge in [-0.15, -0.1) is 0 Å². The van der Waals surface area contributed by atoms with Gasteiger partial charge in [0.2, 0.25) is 5.91 Å². The molecule has 2 aromatic carbocycles. The number of esters is 1. The fraction of sp³-hybridized carbons (Fsp3) is 0.292. The van der Waals surface area contributed by atoms with Crippen molar-refractivity contribution in [2.24, 2.45) is 0 Å². The molecule has 3 aromatic rings. The van der Waals surface area contributed by atoms with Gasteiger partial charge in [-0.3, -0.25) is 9.59 Å². The van der Waals surface area contributed by atoms with Crippen molar-refractivity contribution in [3.8, 4) is 28.3 Å². The molecule has 0 saturated carbocycles. The molecule has 0 spiro atoms. The lowest BCUT2D eigenvalue weighted by atomic mass is 9.88. The zero-order valence-electron chi connectivity index (χ0n) is 17.6. The Balaban J connectivity index is 1.46. The molecule has 0 unspecified atom stereocenters. The molecule has 1 aliphatic rings. The first-order chi connectivity index (χ1) is 15.1. The summed E-state index contributed by atoms with van der Waals surface area (Å²) in [5.41, 5.74) is 5.79. The lowest BCUT2D eigenvalue weighted by Gasteiger charge is -2.16. The van der Waals surface area contributed by atoms with E-state index in [4.69, 9.17) is 14.0 Å². The summed E-state index contributed by atoms with van der Waals surface area (Å²) in [6.45, 7) is 2.05. The van der Waals surface area contributed by atoms with Crippen LogP contribution >= 0.6 is 0 Å². The molecule has 0 aliphatic heterocycles. The Hall–Kier alpha value is -3.61. The highest BCUT2D eigenvalue weighted by atomic mass is 16.5. The highest BCUT2D eigenvalue weighted by Gasteiger charge is 2.25. The van der Waals surface area contributed by atoms with Crippen LogP contribution in [0.25, 0.3) is 22.6 Å². The SMILES string of the molecule is CCOC(=O)CCC(=O)Nc1ccc(-c2onc3c2CCc2cc(OC)ccc2-3)cc1. The molecule has 1 aromatic heterocycles. The summed E-state index contributed by atoms with van der Waals surface area (Å²) in [4.78, 5) is 23.4. The Morgan fingerprint density at radius 2 is 1.90 bits per heavy atom. The van der Waals surface area contributed by atoms with Gasteiger partial charge < -0.3 is 19.3 Å². The van der Waals surface area contributed by atoms with E-state index in [2.05, 4.69) is 10.5 Å². The van der Waals surface area contributed by atoms with Gasteiger partial charge in [0.15, 0.2) is 5.76 Å². The topological polar surface area (TPSA) is 90.7 Å². The van der Waals surface area contributed by atoms with E-state index in [1.807, 2.05) is 42.5 Å². The third kappa shape index (κ3) is 4.45. The predicted molar refractivity (Wildman–Crippen MR) is 116 cm³/mol. The summed E-state index contributed by atoms with van der Waals surface area (Å²) in [6, 6.07) is 13.4. The van der Waals surface area contributed by atoms with Crippen LogP contribution in [-0.2, 0) is 27.2 Å². The van der Waals surface area contributed by atoms with Crippen molar-refractivity contribution in [2.75, 3.05) is 19.0 Å². The number of carbonyl (C=O) groups is 2. The molecule has 0 atom stereocenters. The Bertz CT molecular complexity index is 1100. The van der Waals surface area contributed by atoms with Gasteiger partial charge in [0, 0.05) is 28.8 Å². The molecule has 0 saturated heterocycles. The first-order valence-corrected chi connectivity index (χ1v) is 10.3. The van der Waals surface area contributed by atoms with Crippen LogP contribution in [0, 0.1) is 0 Å². The molecule has 1 heterocycles. The second-order valence-corrected chi connectivity index (χ2v) is 7.29. The number of rotatable bonds is 7. The van der Waals surface area contributed by atoms with E-state index < -0.39 is 0 Å². The van der Waals surface area contributed by atoms with Crippen LogP contribution in [0.15, 0.2) is 47.0 Å². The maximum Gasteiger partial charge on any atom is 0.306 e. The number of amides is 1. The number of ether oxygens (including phenoxy) is 2. The molecule has 4 rings (SSSR count). The van der Waals surface area contributed by atoms with Gasteiger partial charge in [-0.1, -0.05) is 5.16 Å². The molecular weight excluding hydrogens is 396 g/mol. The number of hydrogen-bond donors (Lipinski definition) is 1. The van der Waals surface area contributed by atoms with Crippen molar-refractivity contribution in [1.29, 1.82) is 0 Å². The molecule has 31 heavy (non-hydrogen) atoms. The number of nitrogens with zero attached hydrogens (tertiary/aromatic N) is 1. The maximum absolute atomic E-state index is 12.0. The van der Waals surface area contributed by atoms with Crippen molar-refractivity contribution in [1.82, 2.24) is 5.16 Å². The summed E-state index contributed by atoms with van der Waals surface area (Å²) in [7, 11) is 1.66. The first-order valence-electron chi connectivity index (χ1n) is 10.3. The number of carbonyl (C=O) groups excluding carboxylic acids is 2. The predicted octanol–water partition coefficient (Wildman–Crippen LogP) is 4.40. The Kier molecular flexibility index (Phi) is 6.02. The average molecular weight is 420 g/mol. The second kappa shape index (κ2) is 9.04. The third-order valence-electron chi connectivity index (χ3n) is 5.29. The van der Waals surface area contributed by atoms with Crippen molar-refractivity contribution in [3.63, 3.8) is 0 Å². The van der Waals surface area contributed by atoms with Crippen LogP contribution in [0.1, 0.15) is 30.9 Å². The van der Waals surface area contributed by atoms with Crippen LogP contribution in [0.5, 0.6) is 5.75 Å². The molecule has 0 bridgehead atoms. The van der Waals surface area contributed by atoms with E-state index in [1.165, 1.54) is 5.56 Å². The minimum atomic E-state index is -0.372. The molecule has 7 nitrogen and oxygen atoms in total. The van der Waals surface area contributed by atoms with Crippen molar-refractivity contribution in [3.05, 3.63) is 53.6 Å². The fourth-order valence-corrected chi connectivity index (χ4v) is 3.75. The number of aromatic nitrogens is 1. The molecule has 1 amide bonds. The smallest absolute Gasteiger partial charge is 0.306 e. The monoisotopic (exact) mass is 420 g/mol. The molecule has 160 valence electrons. The third-order valence-corrected chi connectivity index (χ3v) is 5.29. The van der Waals surface area contributed by atoms with Gasteiger partial charge in [-0.05, 0) is 67.8 Å². The second-order valence-electron chi connectivity index (χ2n) is 7.29. The summed E-state index contributed by atoms with van der Waals surface area (Å²) in [6.07, 6.45) is 1.87. The summed E-state index contributed by atoms with van der Waals surface area (Å²) >= 11 is 0. The number of hydrogen-bond acceptors (Lipinski definition) is 6. The molecule has 0 radical (unpaired) electrons. The number of aryl methyl sites for hydroxylation is 1. The molecule has 7 heteroatoms. The summed E-state index contributed by atoms with van der Waals surface area (Å²) < 4.78 is 15.9. The van der Waals surface area contributed by atoms with Gasteiger partial charge in [-0.2, -0.15) is 0 Å². The van der Waals surface area contributed by atoms with Crippen molar-refractivity contribution in [2.45, 2.75) is 32.6 Å². The minimum absolute atomic E-state index is 0.0648. The van der Waals surface area contributed by atoms with Crippen LogP contribution in [-0.4, -0.2) is 30.7 Å². The number of nitrogens with one attached hydrogen (secondary N) is 1. The number of benzene rings is 2. The lowest BCUT2D eigenvalue weighted by Crippen LogP contribution is -2.14. The lowest BCUT2D eigenvalue weighted by molar-refractivity contribution is -0.144. The van der Waals surface area contributed by atoms with Crippen LogP contribution in [0.3, 0.4) is 0 Å². The number of fused-ring (bicyclic) bond motifs is 3. The van der Waals surface area contributed by atoms with Gasteiger partial charge in [-0.25, -0.2) is 0 Å². The van der Waals surface area contributed by atoms with Crippen molar-refractivity contribution >= 4 is 17.6 Å². The molecule has 1 aliphatic carbocycles. The zero-order valence-corrected chi connectivity index (χ0v) is 17.6. The Morgan fingerprint density at radius 3 is 2.65 bits per heavy atom. The van der Waals surface area contributed by atoms with Crippen LogP contribution in [0.4, 0.5) is 5.69 Å². The maximum atomic E-state index is 12.0. The van der Waals surface area contributed by atoms with E-state index in [1.54, 1.807) is 14.0 Å². The standard InChI is InChI=1S/C24H24N2O5/c1-3-30-22(28)13-12-21(27)25-17-7-4-15(5-8-17)24-20-10-6-16-14-18(29-2)9-11-19(16)23(20)26-31-24/h4-5,7-9,11,14H,3,6,10,12-13H2,1-2H3,(H,25,27). The molecule has 1 N–H and O–H groups in total. The zero-order chi connectivity index (χ0) is 21.8. The van der Waals surface area contributed by atoms with E-state index in [9.17, 15) is 9.59 Å². The van der Waals surface area contributed by atoms with Crippen LogP contribution < -0.4 is 10.1 Å². The highest BCUT2D eigenvalue weighted by molar-refractivity contribution is 5.92. The summed E-state index contributed by atoms with van der Waals surface area (Å²) in [5, 5.41) is 7.12. The fourth-order valence-electron chi connectivity index (χ4n) is 3.75.